The molecule has 1 aliphatic carbocycles. The van der Waals surface area contributed by atoms with E-state index in [1.165, 1.54) is 24.6 Å². The molecule has 2 aromatic rings. The molecule has 1 atom stereocenters. The third kappa shape index (κ3) is 2.69. The summed E-state index contributed by atoms with van der Waals surface area (Å²) in [5, 5.41) is 13.8. The number of hydrogen-bond donors (Lipinski definition) is 1. The zero-order chi connectivity index (χ0) is 13.9. The van der Waals surface area contributed by atoms with E-state index in [0.29, 0.717) is 6.04 Å². The molecule has 106 valence electrons. The standard InChI is InChI=1S/C13H18N6S/c1-9(14)11-7-4-8-15-12(11)20-13-16-17-18-19(13)10-5-2-3-6-10/h4,7-10H,2-3,5-6,14H2,1H3. The molecular weight excluding hydrogens is 272 g/mol. The number of tetrazole rings is 1. The highest BCUT2D eigenvalue weighted by atomic mass is 32.2. The molecule has 0 radical (unpaired) electrons. The van der Waals surface area contributed by atoms with Crippen molar-refractivity contribution in [2.75, 3.05) is 0 Å². The highest BCUT2D eigenvalue weighted by molar-refractivity contribution is 7.99. The van der Waals surface area contributed by atoms with Gasteiger partial charge in [-0.05, 0) is 48.0 Å². The summed E-state index contributed by atoms with van der Waals surface area (Å²) < 4.78 is 1.94. The van der Waals surface area contributed by atoms with Crippen molar-refractivity contribution in [1.29, 1.82) is 0 Å². The van der Waals surface area contributed by atoms with E-state index < -0.39 is 0 Å². The lowest BCUT2D eigenvalue weighted by atomic mass is 10.2. The normalized spacial score (nSPS) is 17.5. The monoisotopic (exact) mass is 290 g/mol. The van der Waals surface area contributed by atoms with E-state index in [0.717, 1.165) is 28.6 Å². The lowest BCUT2D eigenvalue weighted by molar-refractivity contribution is 0.423. The maximum Gasteiger partial charge on any atom is 0.215 e. The van der Waals surface area contributed by atoms with E-state index in [2.05, 4.69) is 20.5 Å². The third-order valence-corrected chi connectivity index (χ3v) is 4.60. The fourth-order valence-corrected chi connectivity index (χ4v) is 3.57. The van der Waals surface area contributed by atoms with Crippen LogP contribution in [-0.2, 0) is 0 Å². The molecule has 2 aromatic heterocycles. The average Bonchev–Trinajstić information content (AvgIpc) is 3.09. The Morgan fingerprint density at radius 1 is 1.40 bits per heavy atom. The van der Waals surface area contributed by atoms with Crippen LogP contribution < -0.4 is 5.73 Å². The minimum Gasteiger partial charge on any atom is -0.324 e. The van der Waals surface area contributed by atoms with Gasteiger partial charge < -0.3 is 5.73 Å². The molecule has 3 rings (SSSR count). The third-order valence-electron chi connectivity index (χ3n) is 3.61. The van der Waals surface area contributed by atoms with Gasteiger partial charge in [0, 0.05) is 17.8 Å². The molecule has 7 heteroatoms. The zero-order valence-electron chi connectivity index (χ0n) is 11.4. The summed E-state index contributed by atoms with van der Waals surface area (Å²) in [6.07, 6.45) is 6.59. The van der Waals surface area contributed by atoms with E-state index in [4.69, 9.17) is 5.73 Å². The minimum absolute atomic E-state index is 0.0537. The van der Waals surface area contributed by atoms with Crippen LogP contribution in [0.5, 0.6) is 0 Å². The maximum atomic E-state index is 5.99. The van der Waals surface area contributed by atoms with Gasteiger partial charge in [0.2, 0.25) is 5.16 Å². The van der Waals surface area contributed by atoms with E-state index in [9.17, 15) is 0 Å². The summed E-state index contributed by atoms with van der Waals surface area (Å²) in [5.74, 6) is 0. The van der Waals surface area contributed by atoms with Crippen LogP contribution in [0.3, 0.4) is 0 Å². The van der Waals surface area contributed by atoms with Gasteiger partial charge in [0.1, 0.15) is 5.03 Å². The molecule has 1 aliphatic rings. The largest absolute Gasteiger partial charge is 0.324 e. The summed E-state index contributed by atoms with van der Waals surface area (Å²) in [6, 6.07) is 4.28. The van der Waals surface area contributed by atoms with Crippen molar-refractivity contribution in [2.24, 2.45) is 5.73 Å². The van der Waals surface area contributed by atoms with Crippen LogP contribution >= 0.6 is 11.8 Å². The molecule has 20 heavy (non-hydrogen) atoms. The van der Waals surface area contributed by atoms with Gasteiger partial charge in [0.25, 0.3) is 0 Å². The second-order valence-electron chi connectivity index (χ2n) is 5.13. The van der Waals surface area contributed by atoms with Crippen molar-refractivity contribution in [3.8, 4) is 0 Å². The van der Waals surface area contributed by atoms with Crippen LogP contribution in [0.1, 0.15) is 50.3 Å². The summed E-state index contributed by atoms with van der Waals surface area (Å²) in [7, 11) is 0. The van der Waals surface area contributed by atoms with Crippen molar-refractivity contribution in [3.63, 3.8) is 0 Å². The first kappa shape index (κ1) is 13.5. The molecule has 0 saturated heterocycles. The van der Waals surface area contributed by atoms with Gasteiger partial charge in [0.15, 0.2) is 0 Å². The molecular formula is C13H18N6S. The number of nitrogens with zero attached hydrogens (tertiary/aromatic N) is 5. The molecule has 1 fully saturated rings. The molecule has 6 nitrogen and oxygen atoms in total. The highest BCUT2D eigenvalue weighted by Gasteiger charge is 2.23. The fraction of sp³-hybridized carbons (Fsp3) is 0.538. The Hall–Kier alpha value is -1.47. The molecule has 0 aromatic carbocycles. The highest BCUT2D eigenvalue weighted by Crippen LogP contribution is 2.34. The molecule has 2 heterocycles. The first-order valence-corrected chi connectivity index (χ1v) is 7.73. The van der Waals surface area contributed by atoms with Crippen molar-refractivity contribution in [3.05, 3.63) is 23.9 Å². The average molecular weight is 290 g/mol. The van der Waals surface area contributed by atoms with Crippen molar-refractivity contribution >= 4 is 11.8 Å². The number of pyridine rings is 1. The molecule has 1 unspecified atom stereocenters. The van der Waals surface area contributed by atoms with Crippen LogP contribution in [-0.4, -0.2) is 25.2 Å². The topological polar surface area (TPSA) is 82.5 Å². The van der Waals surface area contributed by atoms with Crippen LogP contribution in [0.4, 0.5) is 0 Å². The lowest BCUT2D eigenvalue weighted by Crippen LogP contribution is -2.10. The van der Waals surface area contributed by atoms with Crippen molar-refractivity contribution in [1.82, 2.24) is 25.2 Å². The predicted molar refractivity (Wildman–Crippen MR) is 76.3 cm³/mol. The second kappa shape index (κ2) is 5.88. The predicted octanol–water partition coefficient (Wildman–Crippen LogP) is 2.35. The molecule has 0 spiro atoms. The molecule has 1 saturated carbocycles. The van der Waals surface area contributed by atoms with Crippen LogP contribution in [0.15, 0.2) is 28.5 Å². The Morgan fingerprint density at radius 2 is 2.20 bits per heavy atom. The fourth-order valence-electron chi connectivity index (χ4n) is 2.55. The van der Waals surface area contributed by atoms with Gasteiger partial charge in [-0.3, -0.25) is 0 Å². The Balaban J connectivity index is 1.87. The van der Waals surface area contributed by atoms with Crippen molar-refractivity contribution in [2.45, 2.75) is 54.9 Å². The van der Waals surface area contributed by atoms with E-state index >= 15 is 0 Å². The minimum atomic E-state index is -0.0537. The first-order valence-electron chi connectivity index (χ1n) is 6.92. The maximum absolute atomic E-state index is 5.99. The summed E-state index contributed by atoms with van der Waals surface area (Å²) in [5.41, 5.74) is 7.02. The number of aromatic nitrogens is 5. The summed E-state index contributed by atoms with van der Waals surface area (Å²) in [4.78, 5) is 4.42. The van der Waals surface area contributed by atoms with E-state index in [1.807, 2.05) is 23.7 Å². The summed E-state index contributed by atoms with van der Waals surface area (Å²) in [6.45, 7) is 1.96. The van der Waals surface area contributed by atoms with Gasteiger partial charge in [0.05, 0.1) is 6.04 Å². The Morgan fingerprint density at radius 3 is 2.95 bits per heavy atom. The number of rotatable bonds is 4. The SMILES string of the molecule is CC(N)c1cccnc1Sc1nnnn1C1CCCC1. The molecule has 2 N–H and O–H groups in total. The second-order valence-corrected chi connectivity index (χ2v) is 6.09. The van der Waals surface area contributed by atoms with Crippen LogP contribution in [0.25, 0.3) is 0 Å². The molecule has 0 amide bonds. The quantitative estimate of drug-likeness (QED) is 0.930. The van der Waals surface area contributed by atoms with Gasteiger partial charge in [-0.25, -0.2) is 9.67 Å². The van der Waals surface area contributed by atoms with E-state index in [-0.39, 0.29) is 6.04 Å². The van der Waals surface area contributed by atoms with Gasteiger partial charge in [-0.1, -0.05) is 18.9 Å². The lowest BCUT2D eigenvalue weighted by Gasteiger charge is -2.13. The Kier molecular flexibility index (Phi) is 3.98. The Bertz CT molecular complexity index is 576. The Labute approximate surface area is 122 Å². The van der Waals surface area contributed by atoms with Crippen LogP contribution in [0.2, 0.25) is 0 Å². The number of nitrogens with two attached hydrogens (primary N) is 1. The zero-order valence-corrected chi connectivity index (χ0v) is 12.3. The van der Waals surface area contributed by atoms with Gasteiger partial charge in [-0.2, -0.15) is 0 Å². The van der Waals surface area contributed by atoms with Crippen LogP contribution in [0, 0.1) is 0 Å². The smallest absolute Gasteiger partial charge is 0.215 e. The number of hydrogen-bond acceptors (Lipinski definition) is 6. The molecule has 0 bridgehead atoms. The summed E-state index contributed by atoms with van der Waals surface area (Å²) >= 11 is 1.50. The first-order chi connectivity index (χ1) is 9.75. The molecule has 0 aliphatic heterocycles. The van der Waals surface area contributed by atoms with E-state index in [1.54, 1.807) is 6.20 Å². The van der Waals surface area contributed by atoms with Gasteiger partial charge >= 0.3 is 0 Å². The van der Waals surface area contributed by atoms with Gasteiger partial charge in [-0.15, -0.1) is 5.10 Å². The van der Waals surface area contributed by atoms with Crippen molar-refractivity contribution < 1.29 is 0 Å².